The van der Waals surface area contributed by atoms with Gasteiger partial charge in [-0.15, -0.1) is 0 Å². The molecule has 0 aromatic heterocycles. The Morgan fingerprint density at radius 2 is 0.760 bits per heavy atom. The van der Waals surface area contributed by atoms with Gasteiger partial charge in [0.15, 0.2) is 0 Å². The fourth-order valence-corrected chi connectivity index (χ4v) is 19.8. The predicted octanol–water partition coefficient (Wildman–Crippen LogP) is 4.89. The smallest absolute Gasteiger partial charge is 0.0115 e. The fraction of sp³-hybridized carbons (Fsp3) is 1.00. The largest absolute Gasteiger partial charge is 0.0441 e. The van der Waals surface area contributed by atoms with Gasteiger partial charge in [-0.2, -0.15) is 0 Å². The third-order valence-corrected chi connectivity index (χ3v) is 15.9. The zero-order chi connectivity index (χ0) is 15.2. The summed E-state index contributed by atoms with van der Waals surface area (Å²) in [6.45, 7) is 0. The summed E-state index contributed by atoms with van der Waals surface area (Å²) in [6.07, 6.45) is 17.7. The average molecular weight is 328 g/mol. The summed E-state index contributed by atoms with van der Waals surface area (Å²) in [7, 11) is 0. The van der Waals surface area contributed by atoms with E-state index in [-0.39, 0.29) is 0 Å². The highest BCUT2D eigenvalue weighted by Gasteiger charge is 3.12. The van der Waals surface area contributed by atoms with Crippen LogP contribution < -0.4 is 0 Å². The minimum atomic E-state index is 0.940. The van der Waals surface area contributed by atoms with Crippen LogP contribution in [0.3, 0.4) is 0 Å². The first kappa shape index (κ1) is 11.1. The molecule has 25 rings (SSSR count). The highest BCUT2D eigenvalue weighted by atomic mass is 15.2. The second-order valence-corrected chi connectivity index (χ2v) is 14.8. The van der Waals surface area contributed by atoms with Crippen molar-refractivity contribution in [2.45, 2.75) is 64.2 Å². The Balaban J connectivity index is 1.46. The lowest BCUT2D eigenvalue weighted by Gasteiger charge is -3.15. The van der Waals surface area contributed by atoms with Gasteiger partial charge >= 0.3 is 0 Å². The summed E-state index contributed by atoms with van der Waals surface area (Å²) >= 11 is 0. The first-order chi connectivity index (χ1) is 12.2. The summed E-state index contributed by atoms with van der Waals surface area (Å²) in [5.74, 6) is 10.1. The molecule has 12 unspecified atom stereocenters. The van der Waals surface area contributed by atoms with E-state index in [0.29, 0.717) is 0 Å². The first-order valence-corrected chi connectivity index (χ1v) is 12.2. The molecule has 0 N–H and O–H groups in total. The number of hydrogen-bond acceptors (Lipinski definition) is 0. The van der Waals surface area contributed by atoms with Crippen molar-refractivity contribution in [2.24, 2.45) is 85.2 Å². The molecule has 0 saturated heterocycles. The van der Waals surface area contributed by atoms with Gasteiger partial charge < -0.3 is 0 Å². The molecule has 25 aliphatic carbocycles. The molecule has 0 amide bonds. The molecular formula is C25H28. The van der Waals surface area contributed by atoms with E-state index >= 15 is 0 Å². The van der Waals surface area contributed by atoms with Crippen LogP contribution in [0.25, 0.3) is 0 Å². The van der Waals surface area contributed by atoms with Crippen LogP contribution in [0.4, 0.5) is 0 Å². The molecule has 0 heterocycles. The standard InChI is InChI=1S/C25H28/c1-11-3-20-7-13-9-22-10-14-8-21-4-12-2-19(1)15(20)24(6-12,18(21)22)25(13,14)23(5-11,16(19)21)17(20)22/h11-18H,1-10H2. The molecule has 7 spiro atoms. The van der Waals surface area contributed by atoms with Crippen molar-refractivity contribution in [1.29, 1.82) is 0 Å². The SMILES string of the molecule is C1C2CC34CC5CC67CC8CC9%10CC%11CC1%12C9C(C2)(C36)C58C(C%11)(C%124)C%107. The highest BCUT2D eigenvalue weighted by Crippen LogP contribution is 3.17. The van der Waals surface area contributed by atoms with Crippen LogP contribution >= 0.6 is 0 Å². The zero-order valence-corrected chi connectivity index (χ0v) is 15.2. The molecule has 15 bridgehead atoms. The van der Waals surface area contributed by atoms with Crippen molar-refractivity contribution < 1.29 is 0 Å². The summed E-state index contributed by atoms with van der Waals surface area (Å²) in [6, 6.07) is 0. The zero-order valence-electron chi connectivity index (χ0n) is 15.2. The molecule has 0 aromatic carbocycles. The van der Waals surface area contributed by atoms with Crippen LogP contribution in [0.15, 0.2) is 0 Å². The lowest BCUT2D eigenvalue weighted by atomic mass is 8.88. The molecule has 0 aliphatic heterocycles. The molecule has 0 aromatic rings. The maximum absolute atomic E-state index is 1.79. The van der Waals surface area contributed by atoms with E-state index in [0.717, 1.165) is 37.9 Å². The van der Waals surface area contributed by atoms with E-state index in [2.05, 4.69) is 0 Å². The van der Waals surface area contributed by atoms with E-state index in [4.69, 9.17) is 0 Å². The van der Waals surface area contributed by atoms with Gasteiger partial charge in [0.2, 0.25) is 0 Å². The lowest BCUT2D eigenvalue weighted by Crippen LogP contribution is -3.10. The maximum Gasteiger partial charge on any atom is -0.0115 e. The number of hydrogen-bond donors (Lipinski definition) is 0. The van der Waals surface area contributed by atoms with Gasteiger partial charge in [-0.05, 0) is 149 Å². The lowest BCUT2D eigenvalue weighted by molar-refractivity contribution is -0.683. The van der Waals surface area contributed by atoms with E-state index in [9.17, 15) is 0 Å². The summed E-state index contributed by atoms with van der Waals surface area (Å²) in [5.41, 5.74) is 6.64. The molecule has 25 heavy (non-hydrogen) atoms. The second kappa shape index (κ2) is 2.20. The van der Waals surface area contributed by atoms with Crippen molar-refractivity contribution in [3.8, 4) is 0 Å². The normalized spacial score (nSPS) is 97.9. The van der Waals surface area contributed by atoms with Gasteiger partial charge in [-0.1, -0.05) is 0 Å². The molecule has 0 nitrogen and oxygen atoms in total. The summed E-state index contributed by atoms with van der Waals surface area (Å²) in [5, 5.41) is 0. The highest BCUT2D eigenvalue weighted by molar-refractivity contribution is 5.59. The Kier molecular flexibility index (Phi) is 0.977. The van der Waals surface area contributed by atoms with E-state index in [1.807, 2.05) is 0 Å². The minimum Gasteiger partial charge on any atom is -0.0441 e. The van der Waals surface area contributed by atoms with Gasteiger partial charge in [-0.25, -0.2) is 0 Å². The Hall–Kier alpha value is 0. The topological polar surface area (TPSA) is 0 Å². The molecule has 25 saturated carbocycles. The Morgan fingerprint density at radius 3 is 1.20 bits per heavy atom. The number of rotatable bonds is 0. The summed E-state index contributed by atoms with van der Waals surface area (Å²) in [4.78, 5) is 0. The molecular weight excluding hydrogens is 300 g/mol. The summed E-state index contributed by atoms with van der Waals surface area (Å²) < 4.78 is 0. The van der Waals surface area contributed by atoms with Crippen LogP contribution in [0.1, 0.15) is 64.2 Å². The Labute approximate surface area is 149 Å². The molecule has 12 atom stereocenters. The van der Waals surface area contributed by atoms with Gasteiger partial charge in [0, 0.05) is 0 Å². The van der Waals surface area contributed by atoms with Gasteiger partial charge in [0.1, 0.15) is 0 Å². The molecule has 128 valence electrons. The van der Waals surface area contributed by atoms with E-state index in [1.54, 1.807) is 64.2 Å². The van der Waals surface area contributed by atoms with Crippen molar-refractivity contribution in [1.82, 2.24) is 0 Å². The van der Waals surface area contributed by atoms with Crippen molar-refractivity contribution in [3.63, 3.8) is 0 Å². The Morgan fingerprint density at radius 1 is 0.400 bits per heavy atom. The average Bonchev–Trinajstić information content (AvgIpc) is 2.47. The fourth-order valence-electron chi connectivity index (χ4n) is 19.8. The van der Waals surface area contributed by atoms with Gasteiger partial charge in [-0.3, -0.25) is 0 Å². The Bertz CT molecular complexity index is 839. The molecule has 0 radical (unpaired) electrons. The third-order valence-electron chi connectivity index (χ3n) is 15.9. The first-order valence-electron chi connectivity index (χ1n) is 12.2. The quantitative estimate of drug-likeness (QED) is 0.594. The van der Waals surface area contributed by atoms with Crippen LogP contribution in [-0.4, -0.2) is 0 Å². The third kappa shape index (κ3) is 0.503. The van der Waals surface area contributed by atoms with Crippen LogP contribution in [0, 0.1) is 85.2 Å². The van der Waals surface area contributed by atoms with Gasteiger partial charge in [0.25, 0.3) is 0 Å². The molecule has 0 heteroatoms. The maximum atomic E-state index is 1.79. The van der Waals surface area contributed by atoms with E-state index < -0.39 is 0 Å². The monoisotopic (exact) mass is 328 g/mol. The van der Waals surface area contributed by atoms with Crippen molar-refractivity contribution >= 4 is 0 Å². The van der Waals surface area contributed by atoms with Gasteiger partial charge in [0.05, 0.1) is 0 Å². The predicted molar refractivity (Wildman–Crippen MR) is 91.1 cm³/mol. The molecule has 25 aliphatic rings. The van der Waals surface area contributed by atoms with E-state index in [1.165, 1.54) is 47.3 Å². The molecule has 25 fully saturated rings. The van der Waals surface area contributed by atoms with Crippen LogP contribution in [0.5, 0.6) is 0 Å². The van der Waals surface area contributed by atoms with Crippen molar-refractivity contribution in [3.05, 3.63) is 0 Å². The van der Waals surface area contributed by atoms with Crippen LogP contribution in [-0.2, 0) is 0 Å². The van der Waals surface area contributed by atoms with Crippen molar-refractivity contribution in [2.75, 3.05) is 0 Å². The van der Waals surface area contributed by atoms with Crippen LogP contribution in [0.2, 0.25) is 0 Å². The minimum absolute atomic E-state index is 0.940. The second-order valence-electron chi connectivity index (χ2n) is 14.8.